The van der Waals surface area contributed by atoms with Gasteiger partial charge < -0.3 is 20.0 Å². The number of nitro groups is 1. The molecule has 0 saturated heterocycles. The number of aromatic hydroxyl groups is 1. The van der Waals surface area contributed by atoms with Crippen LogP contribution in [0.1, 0.15) is 18.2 Å². The normalized spacial score (nSPS) is 12.1. The Morgan fingerprint density at radius 3 is 2.85 bits per heavy atom. The molecule has 0 saturated carbocycles. The molecule has 27 heavy (non-hydrogen) atoms. The first kappa shape index (κ1) is 18.4. The number of ether oxygens (including phenoxy) is 1. The molecule has 142 valence electrons. The third-order valence-corrected chi connectivity index (χ3v) is 3.90. The molecular formula is C17H20N6O4. The van der Waals surface area contributed by atoms with Gasteiger partial charge >= 0.3 is 11.8 Å². The zero-order chi connectivity index (χ0) is 19.4. The molecule has 10 heteroatoms. The Morgan fingerprint density at radius 1 is 1.33 bits per heavy atom. The molecule has 1 N–H and O–H groups in total. The van der Waals surface area contributed by atoms with Crippen molar-refractivity contribution >= 4 is 5.82 Å². The van der Waals surface area contributed by atoms with E-state index in [2.05, 4.69) is 15.3 Å². The molecule has 1 aromatic carbocycles. The van der Waals surface area contributed by atoms with E-state index >= 15 is 0 Å². The van der Waals surface area contributed by atoms with Gasteiger partial charge in [-0.1, -0.05) is 24.3 Å². The lowest BCUT2D eigenvalue weighted by atomic mass is 10.2. The van der Waals surface area contributed by atoms with Crippen molar-refractivity contribution in [2.75, 3.05) is 0 Å². The smallest absolute Gasteiger partial charge is 0.411 e. The minimum atomic E-state index is -0.640. The van der Waals surface area contributed by atoms with E-state index in [9.17, 15) is 15.2 Å². The van der Waals surface area contributed by atoms with Gasteiger partial charge in [0.05, 0.1) is 6.20 Å². The van der Waals surface area contributed by atoms with Gasteiger partial charge in [-0.15, -0.1) is 5.10 Å². The van der Waals surface area contributed by atoms with E-state index in [1.165, 1.54) is 10.8 Å². The highest BCUT2D eigenvalue weighted by atomic mass is 16.6. The van der Waals surface area contributed by atoms with Gasteiger partial charge in [0.15, 0.2) is 0 Å². The van der Waals surface area contributed by atoms with Gasteiger partial charge in [-0.2, -0.15) is 0 Å². The van der Waals surface area contributed by atoms with Crippen molar-refractivity contribution in [3.05, 3.63) is 58.0 Å². The maximum absolute atomic E-state index is 10.7. The number of imidazole rings is 1. The number of hydrogen-bond donors (Lipinski definition) is 1. The second-order valence-electron chi connectivity index (χ2n) is 6.45. The first-order valence-corrected chi connectivity index (χ1v) is 8.39. The summed E-state index contributed by atoms with van der Waals surface area (Å²) >= 11 is 0. The van der Waals surface area contributed by atoms with Crippen molar-refractivity contribution in [2.45, 2.75) is 33.5 Å². The molecule has 3 rings (SSSR count). The van der Waals surface area contributed by atoms with E-state index in [4.69, 9.17) is 4.74 Å². The van der Waals surface area contributed by atoms with Crippen molar-refractivity contribution in [2.24, 2.45) is 5.92 Å². The molecule has 0 amide bonds. The Balaban J connectivity index is 1.54. The lowest BCUT2D eigenvalue weighted by Crippen LogP contribution is -2.14. The fraction of sp³-hybridized carbons (Fsp3) is 0.353. The van der Waals surface area contributed by atoms with E-state index in [-0.39, 0.29) is 17.7 Å². The number of hydrogen-bond acceptors (Lipinski definition) is 7. The van der Waals surface area contributed by atoms with Crippen LogP contribution in [-0.4, -0.2) is 34.6 Å². The summed E-state index contributed by atoms with van der Waals surface area (Å²) in [6.07, 6.45) is 3.01. The van der Waals surface area contributed by atoms with Crippen molar-refractivity contribution < 1.29 is 14.8 Å². The summed E-state index contributed by atoms with van der Waals surface area (Å²) in [5.41, 5.74) is 1.82. The third-order valence-electron chi connectivity index (χ3n) is 3.90. The Bertz CT molecular complexity index is 935. The van der Waals surface area contributed by atoms with Crippen molar-refractivity contribution in [3.63, 3.8) is 0 Å². The molecule has 0 spiro atoms. The first-order valence-electron chi connectivity index (χ1n) is 8.39. The maximum atomic E-state index is 10.7. The molecule has 0 aliphatic heterocycles. The van der Waals surface area contributed by atoms with Gasteiger partial charge in [-0.05, 0) is 35.5 Å². The summed E-state index contributed by atoms with van der Waals surface area (Å²) in [6.45, 7) is 5.14. The van der Waals surface area contributed by atoms with E-state index < -0.39 is 4.92 Å². The van der Waals surface area contributed by atoms with Crippen LogP contribution in [-0.2, 0) is 19.7 Å². The van der Waals surface area contributed by atoms with E-state index in [1.54, 1.807) is 10.9 Å². The Labute approximate surface area is 155 Å². The SMILES string of the molecule is Cc1cccc(OCc2cn(C[C@@H](C)Cn3cc([N+](=O)[O-])nc3O)nn2)c1. The Kier molecular flexibility index (Phi) is 5.34. The van der Waals surface area contributed by atoms with E-state index in [0.29, 0.717) is 25.4 Å². The Morgan fingerprint density at radius 2 is 2.15 bits per heavy atom. The molecule has 2 aromatic heterocycles. The lowest BCUT2D eigenvalue weighted by molar-refractivity contribution is -0.389. The summed E-state index contributed by atoms with van der Waals surface area (Å²) in [5, 5.41) is 28.6. The summed E-state index contributed by atoms with van der Waals surface area (Å²) in [4.78, 5) is 13.6. The summed E-state index contributed by atoms with van der Waals surface area (Å²) in [5.74, 6) is 0.433. The fourth-order valence-corrected chi connectivity index (χ4v) is 2.68. The second-order valence-corrected chi connectivity index (χ2v) is 6.45. The van der Waals surface area contributed by atoms with Gasteiger partial charge in [-0.3, -0.25) is 9.25 Å². The van der Waals surface area contributed by atoms with Gasteiger partial charge in [0, 0.05) is 18.1 Å². The van der Waals surface area contributed by atoms with Crippen molar-refractivity contribution in [1.29, 1.82) is 0 Å². The highest BCUT2D eigenvalue weighted by Gasteiger charge is 2.19. The monoisotopic (exact) mass is 372 g/mol. The van der Waals surface area contributed by atoms with E-state index in [1.807, 2.05) is 38.1 Å². The number of nitrogens with zero attached hydrogens (tertiary/aromatic N) is 6. The molecule has 0 fully saturated rings. The molecule has 0 aliphatic carbocycles. The molecule has 2 heterocycles. The van der Waals surface area contributed by atoms with Gasteiger partial charge in [0.1, 0.15) is 24.2 Å². The predicted octanol–water partition coefficient (Wildman–Crippen LogP) is 2.31. The van der Waals surface area contributed by atoms with Crippen LogP contribution in [0.15, 0.2) is 36.7 Å². The largest absolute Gasteiger partial charge is 0.487 e. The molecule has 1 atom stereocenters. The maximum Gasteiger partial charge on any atom is 0.411 e. The van der Waals surface area contributed by atoms with Crippen LogP contribution in [0.2, 0.25) is 0 Å². The molecule has 0 aliphatic rings. The van der Waals surface area contributed by atoms with Crippen LogP contribution in [0, 0.1) is 23.0 Å². The summed E-state index contributed by atoms with van der Waals surface area (Å²) < 4.78 is 8.73. The highest BCUT2D eigenvalue weighted by Crippen LogP contribution is 2.18. The molecule has 0 radical (unpaired) electrons. The molecule has 0 unspecified atom stereocenters. The summed E-state index contributed by atoms with van der Waals surface area (Å²) in [7, 11) is 0. The minimum absolute atomic E-state index is 0.0388. The average molecular weight is 372 g/mol. The van der Waals surface area contributed by atoms with E-state index in [0.717, 1.165) is 11.3 Å². The fourth-order valence-electron chi connectivity index (χ4n) is 2.68. The quantitative estimate of drug-likeness (QED) is 0.475. The third kappa shape index (κ3) is 4.81. The molecular weight excluding hydrogens is 352 g/mol. The Hall–Kier alpha value is -3.43. The van der Waals surface area contributed by atoms with Gasteiger partial charge in [-0.25, -0.2) is 0 Å². The average Bonchev–Trinajstić information content (AvgIpc) is 3.20. The topological polar surface area (TPSA) is 121 Å². The zero-order valence-corrected chi connectivity index (χ0v) is 15.0. The zero-order valence-electron chi connectivity index (χ0n) is 15.0. The van der Waals surface area contributed by atoms with Crippen LogP contribution in [0.5, 0.6) is 11.8 Å². The standard InChI is InChI=1S/C17H20N6O4/c1-12-4-3-5-15(6-12)27-11-14-9-22(20-19-14)8-13(2)7-21-10-16(23(25)26)18-17(21)24/h3-6,9-10,13H,7-8,11H2,1-2H3,(H,18,24)/t13-/m0/s1. The number of aromatic nitrogens is 5. The number of aryl methyl sites for hydroxylation is 1. The van der Waals surface area contributed by atoms with Gasteiger partial charge in [0.2, 0.25) is 0 Å². The molecule has 3 aromatic rings. The van der Waals surface area contributed by atoms with Crippen LogP contribution in [0.4, 0.5) is 5.82 Å². The van der Waals surface area contributed by atoms with Crippen LogP contribution in [0.3, 0.4) is 0 Å². The second kappa shape index (κ2) is 7.85. The van der Waals surface area contributed by atoms with Crippen LogP contribution in [0.25, 0.3) is 0 Å². The highest BCUT2D eigenvalue weighted by molar-refractivity contribution is 5.27. The summed E-state index contributed by atoms with van der Waals surface area (Å²) in [6, 6.07) is 7.38. The number of benzene rings is 1. The van der Waals surface area contributed by atoms with Crippen molar-refractivity contribution in [3.8, 4) is 11.8 Å². The predicted molar refractivity (Wildman–Crippen MR) is 95.2 cm³/mol. The van der Waals surface area contributed by atoms with Crippen molar-refractivity contribution in [1.82, 2.24) is 24.5 Å². The van der Waals surface area contributed by atoms with Gasteiger partial charge in [0.25, 0.3) is 0 Å². The first-order chi connectivity index (χ1) is 12.9. The number of rotatable bonds is 8. The van der Waals surface area contributed by atoms with Crippen LogP contribution >= 0.6 is 0 Å². The van der Waals surface area contributed by atoms with Crippen LogP contribution < -0.4 is 4.74 Å². The molecule has 10 nitrogen and oxygen atoms in total. The molecule has 0 bridgehead atoms. The lowest BCUT2D eigenvalue weighted by Gasteiger charge is -2.10. The minimum Gasteiger partial charge on any atom is -0.487 e.